The minimum atomic E-state index is -0.558. The first kappa shape index (κ1) is 18.4. The Balaban J connectivity index is 1.89. The van der Waals surface area contributed by atoms with E-state index in [1.807, 2.05) is 0 Å². The van der Waals surface area contributed by atoms with E-state index in [1.54, 1.807) is 22.8 Å². The highest BCUT2D eigenvalue weighted by atomic mass is 16.4. The van der Waals surface area contributed by atoms with Gasteiger partial charge in [0.1, 0.15) is 5.58 Å². The molecule has 3 aromatic heterocycles. The van der Waals surface area contributed by atoms with Crippen LogP contribution < -0.4 is 22.2 Å². The molecule has 0 unspecified atom stereocenters. The Hall–Kier alpha value is -3.95. The fourth-order valence-electron chi connectivity index (χ4n) is 3.34. The van der Waals surface area contributed by atoms with Crippen molar-refractivity contribution in [1.29, 1.82) is 0 Å². The van der Waals surface area contributed by atoms with Gasteiger partial charge in [-0.25, -0.2) is 14.6 Å². The molecule has 4 aromatic rings. The molecule has 0 aliphatic rings. The predicted molar refractivity (Wildman–Crippen MR) is 106 cm³/mol. The Morgan fingerprint density at radius 2 is 1.90 bits per heavy atom. The summed E-state index contributed by atoms with van der Waals surface area (Å²) in [6.07, 6.45) is 1.46. The molecule has 0 fully saturated rings. The number of hydrogen-bond donors (Lipinski definition) is 1. The number of carbonyl (C=O) groups is 1. The molecule has 10 heteroatoms. The maximum atomic E-state index is 12.6. The van der Waals surface area contributed by atoms with Gasteiger partial charge in [0.15, 0.2) is 11.2 Å². The molecule has 0 aliphatic carbocycles. The van der Waals surface area contributed by atoms with E-state index < -0.39 is 16.9 Å². The summed E-state index contributed by atoms with van der Waals surface area (Å²) in [4.78, 5) is 52.2. The van der Waals surface area contributed by atoms with Gasteiger partial charge >= 0.3 is 11.3 Å². The third kappa shape index (κ3) is 3.04. The van der Waals surface area contributed by atoms with Gasteiger partial charge in [0.05, 0.1) is 12.9 Å². The van der Waals surface area contributed by atoms with Gasteiger partial charge in [0, 0.05) is 44.2 Å². The average Bonchev–Trinajstić information content (AvgIpc) is 3.07. The average molecular weight is 395 g/mol. The van der Waals surface area contributed by atoms with Crippen LogP contribution in [0.3, 0.4) is 0 Å². The SMILES string of the molecule is CC(=O)Nc1ccc2c(Cn3cnc4c3c(=O)n(C)c(=O)n4C)cc(=O)oc2c1. The van der Waals surface area contributed by atoms with E-state index in [2.05, 4.69) is 10.3 Å². The van der Waals surface area contributed by atoms with E-state index >= 15 is 0 Å². The lowest BCUT2D eigenvalue weighted by Gasteiger charge is -2.10. The fraction of sp³-hybridized carbons (Fsp3) is 0.211. The fourth-order valence-corrected chi connectivity index (χ4v) is 3.34. The quantitative estimate of drug-likeness (QED) is 0.506. The van der Waals surface area contributed by atoms with E-state index in [1.165, 1.54) is 38.0 Å². The minimum Gasteiger partial charge on any atom is -0.423 e. The molecule has 4 rings (SSSR count). The molecule has 1 aromatic carbocycles. The second kappa shape index (κ2) is 6.59. The molecular formula is C19H17N5O5. The van der Waals surface area contributed by atoms with Gasteiger partial charge in [-0.05, 0) is 17.7 Å². The first-order valence-electron chi connectivity index (χ1n) is 8.71. The maximum Gasteiger partial charge on any atom is 0.336 e. The Morgan fingerprint density at radius 3 is 2.62 bits per heavy atom. The van der Waals surface area contributed by atoms with Gasteiger partial charge in [0.25, 0.3) is 5.56 Å². The van der Waals surface area contributed by atoms with Crippen LogP contribution in [0.5, 0.6) is 0 Å². The van der Waals surface area contributed by atoms with Crippen molar-refractivity contribution < 1.29 is 9.21 Å². The van der Waals surface area contributed by atoms with Crippen LogP contribution in [0.15, 0.2) is 49.4 Å². The van der Waals surface area contributed by atoms with Crippen LogP contribution in [-0.2, 0) is 25.4 Å². The zero-order valence-corrected chi connectivity index (χ0v) is 15.9. The standard InChI is InChI=1S/C19H17N5O5/c1-10(25)21-12-4-5-13-11(6-15(26)29-14(13)7-12)8-24-9-20-17-16(24)18(27)23(3)19(28)22(17)2/h4-7,9H,8H2,1-3H3,(H,21,25). The topological polar surface area (TPSA) is 121 Å². The van der Waals surface area contributed by atoms with E-state index in [0.29, 0.717) is 22.2 Å². The van der Waals surface area contributed by atoms with Gasteiger partial charge in [-0.3, -0.25) is 18.7 Å². The molecule has 0 radical (unpaired) electrons. The summed E-state index contributed by atoms with van der Waals surface area (Å²) in [5.74, 6) is -0.241. The molecule has 0 saturated heterocycles. The summed E-state index contributed by atoms with van der Waals surface area (Å²) in [6, 6.07) is 6.34. The number of aryl methyl sites for hydroxylation is 1. The molecule has 29 heavy (non-hydrogen) atoms. The van der Waals surface area contributed by atoms with Crippen LogP contribution in [0.1, 0.15) is 12.5 Å². The van der Waals surface area contributed by atoms with Crippen LogP contribution in [0.2, 0.25) is 0 Å². The van der Waals surface area contributed by atoms with Crippen molar-refractivity contribution in [2.24, 2.45) is 14.1 Å². The zero-order chi connectivity index (χ0) is 20.9. The summed E-state index contributed by atoms with van der Waals surface area (Å²) in [7, 11) is 2.94. The molecule has 0 bridgehead atoms. The maximum absolute atomic E-state index is 12.6. The smallest absolute Gasteiger partial charge is 0.336 e. The second-order valence-electron chi connectivity index (χ2n) is 6.73. The number of benzene rings is 1. The van der Waals surface area contributed by atoms with Crippen molar-refractivity contribution in [3.05, 3.63) is 67.4 Å². The Morgan fingerprint density at radius 1 is 1.14 bits per heavy atom. The summed E-state index contributed by atoms with van der Waals surface area (Å²) >= 11 is 0. The number of anilines is 1. The first-order chi connectivity index (χ1) is 13.8. The highest BCUT2D eigenvalue weighted by molar-refractivity contribution is 5.92. The molecule has 10 nitrogen and oxygen atoms in total. The number of carbonyl (C=O) groups excluding carboxylic acids is 1. The lowest BCUT2D eigenvalue weighted by atomic mass is 10.1. The van der Waals surface area contributed by atoms with E-state index in [9.17, 15) is 19.2 Å². The third-order valence-electron chi connectivity index (χ3n) is 4.71. The molecule has 148 valence electrons. The Kier molecular flexibility index (Phi) is 4.18. The van der Waals surface area contributed by atoms with Crippen LogP contribution >= 0.6 is 0 Å². The Bertz CT molecular complexity index is 1470. The first-order valence-corrected chi connectivity index (χ1v) is 8.71. The van der Waals surface area contributed by atoms with Crippen molar-refractivity contribution in [2.45, 2.75) is 13.5 Å². The van der Waals surface area contributed by atoms with Crippen molar-refractivity contribution >= 4 is 33.7 Å². The number of nitrogens with one attached hydrogen (secondary N) is 1. The van der Waals surface area contributed by atoms with Gasteiger partial charge in [-0.15, -0.1) is 0 Å². The van der Waals surface area contributed by atoms with E-state index in [-0.39, 0.29) is 23.6 Å². The normalized spacial score (nSPS) is 11.3. The van der Waals surface area contributed by atoms with E-state index in [4.69, 9.17) is 4.42 Å². The highest BCUT2D eigenvalue weighted by Crippen LogP contribution is 2.22. The minimum absolute atomic E-state index is 0.172. The van der Waals surface area contributed by atoms with Crippen molar-refractivity contribution in [1.82, 2.24) is 18.7 Å². The number of amides is 1. The predicted octanol–water partition coefficient (Wildman–Crippen LogP) is 0.547. The van der Waals surface area contributed by atoms with Crippen molar-refractivity contribution in [3.8, 4) is 0 Å². The van der Waals surface area contributed by atoms with Crippen LogP contribution in [0, 0.1) is 0 Å². The van der Waals surface area contributed by atoms with Gasteiger partial charge in [-0.2, -0.15) is 0 Å². The third-order valence-corrected chi connectivity index (χ3v) is 4.71. The second-order valence-corrected chi connectivity index (χ2v) is 6.73. The molecular weight excluding hydrogens is 378 g/mol. The largest absolute Gasteiger partial charge is 0.423 e. The van der Waals surface area contributed by atoms with Crippen LogP contribution in [0.25, 0.3) is 22.1 Å². The number of nitrogens with zero attached hydrogens (tertiary/aromatic N) is 4. The molecule has 1 N–H and O–H groups in total. The number of imidazole rings is 1. The van der Waals surface area contributed by atoms with E-state index in [0.717, 1.165) is 4.57 Å². The highest BCUT2D eigenvalue weighted by Gasteiger charge is 2.16. The van der Waals surface area contributed by atoms with Crippen molar-refractivity contribution in [2.75, 3.05) is 5.32 Å². The number of aromatic nitrogens is 4. The van der Waals surface area contributed by atoms with Crippen LogP contribution in [-0.4, -0.2) is 24.6 Å². The summed E-state index contributed by atoms with van der Waals surface area (Å²) in [6.45, 7) is 1.56. The summed E-state index contributed by atoms with van der Waals surface area (Å²) in [5.41, 5.74) is 0.442. The number of fused-ring (bicyclic) bond motifs is 2. The Labute approximate surface area is 162 Å². The molecule has 1 amide bonds. The summed E-state index contributed by atoms with van der Waals surface area (Å²) < 4.78 is 9.16. The lowest BCUT2D eigenvalue weighted by Crippen LogP contribution is -2.37. The molecule has 0 aliphatic heterocycles. The summed E-state index contributed by atoms with van der Waals surface area (Å²) in [5, 5.41) is 3.29. The molecule has 0 atom stereocenters. The molecule has 0 saturated carbocycles. The number of rotatable bonds is 3. The van der Waals surface area contributed by atoms with Gasteiger partial charge < -0.3 is 14.3 Å². The molecule has 0 spiro atoms. The van der Waals surface area contributed by atoms with Crippen LogP contribution in [0.4, 0.5) is 5.69 Å². The van der Waals surface area contributed by atoms with Crippen molar-refractivity contribution in [3.63, 3.8) is 0 Å². The lowest BCUT2D eigenvalue weighted by molar-refractivity contribution is -0.114. The zero-order valence-electron chi connectivity index (χ0n) is 15.9. The monoisotopic (exact) mass is 395 g/mol. The van der Waals surface area contributed by atoms with Gasteiger partial charge in [0.2, 0.25) is 5.91 Å². The molecule has 3 heterocycles. The number of hydrogen-bond acceptors (Lipinski definition) is 6. The van der Waals surface area contributed by atoms with Gasteiger partial charge in [-0.1, -0.05) is 0 Å².